The zero-order valence-corrected chi connectivity index (χ0v) is 14.0. The lowest BCUT2D eigenvalue weighted by atomic mass is 9.99. The zero-order valence-electron chi connectivity index (χ0n) is 14.0. The van der Waals surface area contributed by atoms with E-state index in [9.17, 15) is 4.79 Å². The van der Waals surface area contributed by atoms with Crippen LogP contribution in [0.25, 0.3) is 10.9 Å². The molecule has 1 fully saturated rings. The Morgan fingerprint density at radius 2 is 2.35 bits per heavy atom. The number of ketones is 1. The Kier molecular flexibility index (Phi) is 5.08. The monoisotopic (exact) mass is 315 g/mol. The van der Waals surface area contributed by atoms with E-state index in [1.807, 2.05) is 23.7 Å². The van der Waals surface area contributed by atoms with Crippen LogP contribution >= 0.6 is 0 Å². The first-order chi connectivity index (χ1) is 11.2. The van der Waals surface area contributed by atoms with Gasteiger partial charge in [0, 0.05) is 43.8 Å². The second-order valence-corrected chi connectivity index (χ2v) is 6.40. The van der Waals surface area contributed by atoms with Crippen LogP contribution in [0.5, 0.6) is 0 Å². The van der Waals surface area contributed by atoms with E-state index in [0.717, 1.165) is 48.1 Å². The van der Waals surface area contributed by atoms with Gasteiger partial charge in [-0.2, -0.15) is 5.10 Å². The van der Waals surface area contributed by atoms with Gasteiger partial charge < -0.3 is 10.1 Å². The molecule has 2 heterocycles. The summed E-state index contributed by atoms with van der Waals surface area (Å²) in [5, 5.41) is 9.15. The van der Waals surface area contributed by atoms with Crippen molar-refractivity contribution in [2.45, 2.75) is 32.7 Å². The van der Waals surface area contributed by atoms with Crippen LogP contribution in [0.1, 0.15) is 35.2 Å². The van der Waals surface area contributed by atoms with E-state index >= 15 is 0 Å². The van der Waals surface area contributed by atoms with Gasteiger partial charge in [-0.3, -0.25) is 9.48 Å². The van der Waals surface area contributed by atoms with Gasteiger partial charge in [0.1, 0.15) is 0 Å². The number of fused-ring (bicyclic) bond motifs is 1. The van der Waals surface area contributed by atoms with Gasteiger partial charge in [-0.15, -0.1) is 0 Å². The SMILES string of the molecule is COCCCC(=O)c1ccc2nn(C[C@@H]3CCNC3)cc2c1C. The quantitative estimate of drug-likeness (QED) is 0.630. The summed E-state index contributed by atoms with van der Waals surface area (Å²) in [6, 6.07) is 3.89. The number of aromatic nitrogens is 2. The molecule has 1 saturated heterocycles. The molecule has 0 unspecified atom stereocenters. The van der Waals surface area contributed by atoms with E-state index in [0.29, 0.717) is 18.9 Å². The summed E-state index contributed by atoms with van der Waals surface area (Å²) in [5.74, 6) is 0.842. The Bertz CT molecular complexity index is 687. The average molecular weight is 315 g/mol. The van der Waals surface area contributed by atoms with E-state index in [1.54, 1.807) is 7.11 Å². The molecule has 0 radical (unpaired) electrons. The summed E-state index contributed by atoms with van der Waals surface area (Å²) >= 11 is 0. The largest absolute Gasteiger partial charge is 0.385 e. The molecule has 1 N–H and O–H groups in total. The van der Waals surface area contributed by atoms with Crippen molar-refractivity contribution in [3.05, 3.63) is 29.5 Å². The molecule has 1 aromatic heterocycles. The Labute approximate surface area is 137 Å². The van der Waals surface area contributed by atoms with Crippen LogP contribution in [0.2, 0.25) is 0 Å². The Balaban J connectivity index is 1.79. The van der Waals surface area contributed by atoms with Crippen molar-refractivity contribution in [1.82, 2.24) is 15.1 Å². The minimum absolute atomic E-state index is 0.189. The van der Waals surface area contributed by atoms with Crippen LogP contribution < -0.4 is 5.32 Å². The van der Waals surface area contributed by atoms with Crippen LogP contribution in [0.4, 0.5) is 0 Å². The second-order valence-electron chi connectivity index (χ2n) is 6.40. The predicted molar refractivity (Wildman–Crippen MR) is 90.9 cm³/mol. The number of nitrogens with zero attached hydrogens (tertiary/aromatic N) is 2. The molecule has 5 heteroatoms. The molecule has 0 bridgehead atoms. The number of ether oxygens (including phenoxy) is 1. The molecule has 1 aromatic carbocycles. The van der Waals surface area contributed by atoms with Gasteiger partial charge in [0.15, 0.2) is 5.78 Å². The van der Waals surface area contributed by atoms with Crippen molar-refractivity contribution in [2.24, 2.45) is 5.92 Å². The third-order valence-corrected chi connectivity index (χ3v) is 4.67. The standard InChI is InChI=1S/C18H25N3O2/c1-13-15(18(22)4-3-9-23-2)5-6-17-16(13)12-21(20-17)11-14-7-8-19-10-14/h5-6,12,14,19H,3-4,7-11H2,1-2H3/t14-/m1/s1. The van der Waals surface area contributed by atoms with E-state index in [-0.39, 0.29) is 5.78 Å². The van der Waals surface area contributed by atoms with Gasteiger partial charge in [0.25, 0.3) is 0 Å². The first kappa shape index (κ1) is 16.1. The maximum atomic E-state index is 12.4. The van der Waals surface area contributed by atoms with E-state index < -0.39 is 0 Å². The lowest BCUT2D eigenvalue weighted by Crippen LogP contribution is -2.14. The predicted octanol–water partition coefficient (Wildman–Crippen LogP) is 2.56. The van der Waals surface area contributed by atoms with E-state index in [4.69, 9.17) is 4.74 Å². The summed E-state index contributed by atoms with van der Waals surface area (Å²) in [6.07, 6.45) is 4.59. The molecule has 0 spiro atoms. The third kappa shape index (κ3) is 3.62. The molecule has 23 heavy (non-hydrogen) atoms. The van der Waals surface area contributed by atoms with E-state index in [2.05, 4.69) is 16.6 Å². The number of Topliss-reactive ketones (excluding diaryl/α,β-unsaturated/α-hetero) is 1. The Morgan fingerprint density at radius 3 is 3.09 bits per heavy atom. The summed E-state index contributed by atoms with van der Waals surface area (Å²) in [4.78, 5) is 12.4. The second kappa shape index (κ2) is 7.23. The van der Waals surface area contributed by atoms with Gasteiger partial charge in [0.05, 0.1) is 5.52 Å². The van der Waals surface area contributed by atoms with Crippen molar-refractivity contribution in [2.75, 3.05) is 26.8 Å². The van der Waals surface area contributed by atoms with Crippen LogP contribution in [-0.2, 0) is 11.3 Å². The smallest absolute Gasteiger partial charge is 0.163 e. The topological polar surface area (TPSA) is 56.1 Å². The lowest BCUT2D eigenvalue weighted by molar-refractivity contribution is 0.0963. The van der Waals surface area contributed by atoms with Gasteiger partial charge in [-0.1, -0.05) is 0 Å². The van der Waals surface area contributed by atoms with Crippen LogP contribution in [0.15, 0.2) is 18.3 Å². The number of carbonyl (C=O) groups is 1. The molecule has 124 valence electrons. The molecular formula is C18H25N3O2. The number of nitrogens with one attached hydrogen (secondary N) is 1. The highest BCUT2D eigenvalue weighted by Gasteiger charge is 2.17. The first-order valence-corrected chi connectivity index (χ1v) is 8.38. The number of carbonyl (C=O) groups excluding carboxylic acids is 1. The average Bonchev–Trinajstić information content (AvgIpc) is 3.18. The van der Waals surface area contributed by atoms with Crippen molar-refractivity contribution >= 4 is 16.7 Å². The number of hydrogen-bond donors (Lipinski definition) is 1. The number of rotatable bonds is 7. The number of hydrogen-bond acceptors (Lipinski definition) is 4. The fourth-order valence-corrected chi connectivity index (χ4v) is 3.32. The van der Waals surface area contributed by atoms with Crippen molar-refractivity contribution in [1.29, 1.82) is 0 Å². The minimum Gasteiger partial charge on any atom is -0.385 e. The van der Waals surface area contributed by atoms with Crippen molar-refractivity contribution in [3.8, 4) is 0 Å². The molecule has 1 aliphatic heterocycles. The summed E-state index contributed by atoms with van der Waals surface area (Å²) in [5.41, 5.74) is 2.83. The highest BCUT2D eigenvalue weighted by Crippen LogP contribution is 2.23. The normalized spacial score (nSPS) is 17.9. The summed E-state index contributed by atoms with van der Waals surface area (Å²) in [6.45, 7) is 5.76. The molecule has 0 aliphatic carbocycles. The highest BCUT2D eigenvalue weighted by atomic mass is 16.5. The van der Waals surface area contributed by atoms with Crippen LogP contribution in [0.3, 0.4) is 0 Å². The number of methoxy groups -OCH3 is 1. The number of benzene rings is 1. The zero-order chi connectivity index (χ0) is 16.2. The molecule has 3 rings (SSSR count). The molecule has 1 atom stereocenters. The van der Waals surface area contributed by atoms with Gasteiger partial charge in [-0.25, -0.2) is 0 Å². The Hall–Kier alpha value is -1.72. The lowest BCUT2D eigenvalue weighted by Gasteiger charge is -2.07. The molecule has 2 aromatic rings. The molecule has 0 amide bonds. The first-order valence-electron chi connectivity index (χ1n) is 8.38. The highest BCUT2D eigenvalue weighted by molar-refractivity contribution is 6.01. The fraction of sp³-hybridized carbons (Fsp3) is 0.556. The van der Waals surface area contributed by atoms with Gasteiger partial charge in [-0.05, 0) is 56.5 Å². The van der Waals surface area contributed by atoms with Gasteiger partial charge >= 0.3 is 0 Å². The summed E-state index contributed by atoms with van der Waals surface area (Å²) in [7, 11) is 1.66. The minimum atomic E-state index is 0.189. The van der Waals surface area contributed by atoms with Crippen LogP contribution in [0, 0.1) is 12.8 Å². The molecule has 0 saturated carbocycles. The van der Waals surface area contributed by atoms with Crippen LogP contribution in [-0.4, -0.2) is 42.4 Å². The van der Waals surface area contributed by atoms with Crippen molar-refractivity contribution in [3.63, 3.8) is 0 Å². The maximum absolute atomic E-state index is 12.4. The van der Waals surface area contributed by atoms with Gasteiger partial charge in [0.2, 0.25) is 0 Å². The van der Waals surface area contributed by atoms with Crippen molar-refractivity contribution < 1.29 is 9.53 Å². The maximum Gasteiger partial charge on any atom is 0.163 e. The fourth-order valence-electron chi connectivity index (χ4n) is 3.32. The molecule has 1 aliphatic rings. The van der Waals surface area contributed by atoms with E-state index in [1.165, 1.54) is 6.42 Å². The molecule has 5 nitrogen and oxygen atoms in total. The summed E-state index contributed by atoms with van der Waals surface area (Å²) < 4.78 is 7.06. The third-order valence-electron chi connectivity index (χ3n) is 4.67. The Morgan fingerprint density at radius 1 is 1.48 bits per heavy atom. The molecular weight excluding hydrogens is 290 g/mol. The number of aryl methyl sites for hydroxylation is 1.